The van der Waals surface area contributed by atoms with Crippen molar-refractivity contribution < 1.29 is 13.2 Å². The number of nitrogens with zero attached hydrogens (tertiary/aromatic N) is 2. The second kappa shape index (κ2) is 6.16. The fourth-order valence-electron chi connectivity index (χ4n) is 3.03. The van der Waals surface area contributed by atoms with E-state index in [1.807, 2.05) is 18.2 Å². The fraction of sp³-hybridized carbons (Fsp3) is 0.562. The Labute approximate surface area is 152 Å². The van der Waals surface area contributed by atoms with Crippen LogP contribution in [0.4, 0.5) is 0 Å². The largest absolute Gasteiger partial charge is 0.339 e. The van der Waals surface area contributed by atoms with E-state index in [-0.39, 0.29) is 11.7 Å². The Morgan fingerprint density at radius 3 is 2.17 bits per heavy atom. The highest BCUT2D eigenvalue weighted by Gasteiger charge is 2.68. The molecule has 0 N–H and O–H groups in total. The predicted octanol–water partition coefficient (Wildman–Crippen LogP) is 2.24. The van der Waals surface area contributed by atoms with Gasteiger partial charge in [0, 0.05) is 26.2 Å². The van der Waals surface area contributed by atoms with Crippen LogP contribution < -0.4 is 0 Å². The molecule has 1 amide bonds. The molecule has 5 nitrogen and oxygen atoms in total. The van der Waals surface area contributed by atoms with E-state index in [9.17, 15) is 13.2 Å². The van der Waals surface area contributed by atoms with Crippen molar-refractivity contribution in [3.8, 4) is 0 Å². The fourth-order valence-corrected chi connectivity index (χ4v) is 5.24. The van der Waals surface area contributed by atoms with Gasteiger partial charge in [-0.05, 0) is 18.9 Å². The van der Waals surface area contributed by atoms with Gasteiger partial charge >= 0.3 is 0 Å². The predicted molar refractivity (Wildman–Crippen MR) is 94.4 cm³/mol. The smallest absolute Gasteiger partial charge is 0.231 e. The van der Waals surface area contributed by atoms with Crippen LogP contribution in [0.3, 0.4) is 0 Å². The van der Waals surface area contributed by atoms with E-state index in [0.717, 1.165) is 5.56 Å². The number of piperazine rings is 1. The van der Waals surface area contributed by atoms with Crippen LogP contribution in [0, 0.1) is 5.41 Å². The van der Waals surface area contributed by atoms with Crippen molar-refractivity contribution in [2.45, 2.75) is 23.4 Å². The third-order valence-corrected chi connectivity index (χ3v) is 7.79. The minimum absolute atomic E-state index is 0.0219. The quantitative estimate of drug-likeness (QED) is 0.740. The summed E-state index contributed by atoms with van der Waals surface area (Å²) in [6.45, 7) is 3.09. The number of amides is 1. The molecule has 1 aromatic carbocycles. The molecule has 8 heteroatoms. The van der Waals surface area contributed by atoms with Gasteiger partial charge in [-0.25, -0.2) is 8.42 Å². The van der Waals surface area contributed by atoms with E-state index < -0.39 is 19.8 Å². The number of carbonyl (C=O) groups is 1. The van der Waals surface area contributed by atoms with Gasteiger partial charge in [-0.2, -0.15) is 4.31 Å². The molecule has 1 atom stereocenters. The monoisotopic (exact) mass is 390 g/mol. The lowest BCUT2D eigenvalue weighted by Crippen LogP contribution is -2.52. The number of hydrogen-bond acceptors (Lipinski definition) is 3. The number of sulfonamides is 1. The maximum absolute atomic E-state index is 12.5. The van der Waals surface area contributed by atoms with Crippen LogP contribution in [0.25, 0.3) is 0 Å². The standard InChI is InChI=1S/C16H20Cl2N2O3S/c1-15(12-16(15,17)18)14(21)19-7-9-20(10-8-19)24(22,23)11-13-5-3-2-4-6-13/h2-6H,7-12H2,1H3/t15-/m0/s1. The van der Waals surface area contributed by atoms with E-state index in [2.05, 4.69) is 0 Å². The summed E-state index contributed by atoms with van der Waals surface area (Å²) in [4.78, 5) is 14.2. The summed E-state index contributed by atoms with van der Waals surface area (Å²) in [7, 11) is -3.38. The van der Waals surface area contributed by atoms with Crippen LogP contribution >= 0.6 is 23.2 Å². The Hall–Kier alpha value is -0.820. The highest BCUT2D eigenvalue weighted by atomic mass is 35.5. The van der Waals surface area contributed by atoms with Crippen LogP contribution in [0.5, 0.6) is 0 Å². The van der Waals surface area contributed by atoms with Gasteiger partial charge in [0.2, 0.25) is 15.9 Å². The summed E-state index contributed by atoms with van der Waals surface area (Å²) in [6, 6.07) is 9.09. The third kappa shape index (κ3) is 3.29. The van der Waals surface area contributed by atoms with Gasteiger partial charge in [0.1, 0.15) is 4.33 Å². The van der Waals surface area contributed by atoms with Crippen LogP contribution in [-0.2, 0) is 20.6 Å². The molecule has 2 fully saturated rings. The highest BCUT2D eigenvalue weighted by Crippen LogP contribution is 2.64. The number of halogens is 2. The van der Waals surface area contributed by atoms with E-state index in [4.69, 9.17) is 23.2 Å². The SMILES string of the molecule is C[C@@]1(C(=O)N2CCN(S(=O)(=O)Cc3ccccc3)CC2)CC1(Cl)Cl. The van der Waals surface area contributed by atoms with Gasteiger partial charge in [-0.15, -0.1) is 23.2 Å². The van der Waals surface area contributed by atoms with Crippen LogP contribution in [0.2, 0.25) is 0 Å². The minimum atomic E-state index is -3.38. The van der Waals surface area contributed by atoms with Crippen molar-refractivity contribution in [3.05, 3.63) is 35.9 Å². The van der Waals surface area contributed by atoms with Gasteiger partial charge in [0.25, 0.3) is 0 Å². The van der Waals surface area contributed by atoms with Gasteiger partial charge < -0.3 is 4.90 Å². The first-order chi connectivity index (χ1) is 11.2. The summed E-state index contributed by atoms with van der Waals surface area (Å²) in [5, 5.41) is 0. The van der Waals surface area contributed by atoms with Crippen molar-refractivity contribution in [1.29, 1.82) is 0 Å². The Bertz CT molecular complexity index is 731. The molecule has 1 saturated carbocycles. The van der Waals surface area contributed by atoms with E-state index >= 15 is 0 Å². The van der Waals surface area contributed by atoms with Gasteiger partial charge in [0.05, 0.1) is 11.2 Å². The van der Waals surface area contributed by atoms with Gasteiger partial charge in [0.15, 0.2) is 0 Å². The second-order valence-electron chi connectivity index (χ2n) is 6.65. The summed E-state index contributed by atoms with van der Waals surface area (Å²) in [5.74, 6) is -0.112. The Morgan fingerprint density at radius 1 is 1.12 bits per heavy atom. The zero-order valence-corrected chi connectivity index (χ0v) is 15.7. The summed E-state index contributed by atoms with van der Waals surface area (Å²) in [6.07, 6.45) is 0.439. The second-order valence-corrected chi connectivity index (χ2v) is 10.1. The number of rotatable bonds is 4. The Balaban J connectivity index is 1.60. The molecule has 0 aromatic heterocycles. The molecule has 1 heterocycles. The summed E-state index contributed by atoms with van der Waals surface area (Å²) < 4.78 is 25.5. The Morgan fingerprint density at radius 2 is 1.67 bits per heavy atom. The number of hydrogen-bond donors (Lipinski definition) is 0. The van der Waals surface area contributed by atoms with Crippen molar-refractivity contribution in [2.75, 3.05) is 26.2 Å². The van der Waals surface area contributed by atoms with E-state index in [1.165, 1.54) is 4.31 Å². The van der Waals surface area contributed by atoms with Crippen molar-refractivity contribution in [3.63, 3.8) is 0 Å². The molecule has 1 aliphatic heterocycles. The van der Waals surface area contributed by atoms with Crippen LogP contribution in [0.1, 0.15) is 18.9 Å². The van der Waals surface area contributed by atoms with E-state index in [0.29, 0.717) is 32.6 Å². The molecule has 1 saturated heterocycles. The van der Waals surface area contributed by atoms with Crippen LogP contribution in [0.15, 0.2) is 30.3 Å². The average Bonchev–Trinajstić information content (AvgIpc) is 3.07. The van der Waals surface area contributed by atoms with E-state index in [1.54, 1.807) is 24.0 Å². The van der Waals surface area contributed by atoms with Crippen LogP contribution in [-0.4, -0.2) is 54.0 Å². The summed E-state index contributed by atoms with van der Waals surface area (Å²) in [5.41, 5.74) is 0.0110. The molecule has 3 rings (SSSR count). The molecule has 0 radical (unpaired) electrons. The third-order valence-electron chi connectivity index (χ3n) is 4.84. The van der Waals surface area contributed by atoms with Gasteiger partial charge in [-0.1, -0.05) is 30.3 Å². The molecule has 24 heavy (non-hydrogen) atoms. The normalized spacial score (nSPS) is 27.0. The number of carbonyl (C=O) groups excluding carboxylic acids is 1. The lowest BCUT2D eigenvalue weighted by Gasteiger charge is -2.35. The highest BCUT2D eigenvalue weighted by molar-refractivity contribution is 7.88. The zero-order chi connectivity index (χ0) is 17.6. The first-order valence-corrected chi connectivity index (χ1v) is 10.2. The van der Waals surface area contributed by atoms with Crippen molar-refractivity contribution >= 4 is 39.1 Å². The molecule has 0 unspecified atom stereocenters. The molecule has 0 bridgehead atoms. The zero-order valence-electron chi connectivity index (χ0n) is 13.4. The first-order valence-electron chi connectivity index (χ1n) is 7.85. The number of alkyl halides is 2. The molecule has 0 spiro atoms. The maximum Gasteiger partial charge on any atom is 0.231 e. The molecule has 132 valence electrons. The molecular formula is C16H20Cl2N2O3S. The lowest BCUT2D eigenvalue weighted by molar-refractivity contribution is -0.137. The molecule has 2 aliphatic rings. The van der Waals surface area contributed by atoms with Gasteiger partial charge in [-0.3, -0.25) is 4.79 Å². The molecular weight excluding hydrogens is 371 g/mol. The topological polar surface area (TPSA) is 57.7 Å². The summed E-state index contributed by atoms with van der Waals surface area (Å²) >= 11 is 12.1. The molecule has 1 aliphatic carbocycles. The lowest BCUT2D eigenvalue weighted by atomic mass is 10.1. The van der Waals surface area contributed by atoms with Crippen molar-refractivity contribution in [1.82, 2.24) is 9.21 Å². The average molecular weight is 391 g/mol. The molecule has 1 aromatic rings. The first kappa shape index (κ1) is 18.0. The minimum Gasteiger partial charge on any atom is -0.339 e. The van der Waals surface area contributed by atoms with Crippen molar-refractivity contribution in [2.24, 2.45) is 5.41 Å². The number of benzene rings is 1. The maximum atomic E-state index is 12.5. The Kier molecular flexibility index (Phi) is 4.62.